The first-order valence-corrected chi connectivity index (χ1v) is 17.9. The molecule has 0 amide bonds. The van der Waals surface area contributed by atoms with Crippen molar-refractivity contribution in [3.8, 4) is 64.0 Å². The van der Waals surface area contributed by atoms with Gasteiger partial charge in [-0.3, -0.25) is 0 Å². The van der Waals surface area contributed by atoms with Crippen molar-refractivity contribution in [2.75, 3.05) is 0 Å². The Bertz CT molecular complexity index is 2320. The molecule has 0 fully saturated rings. The number of thiophene rings is 2. The second-order valence-corrected chi connectivity index (χ2v) is 14.2. The van der Waals surface area contributed by atoms with Gasteiger partial charge in [-0.25, -0.2) is 0 Å². The maximum atomic E-state index is 2.37. The van der Waals surface area contributed by atoms with Crippen LogP contribution in [0.5, 0.6) is 0 Å². The van der Waals surface area contributed by atoms with Gasteiger partial charge in [0.25, 0.3) is 0 Å². The number of fused-ring (bicyclic) bond motifs is 2. The minimum atomic E-state index is 1.24. The molecule has 0 nitrogen and oxygen atoms in total. The number of hydrogen-bond donors (Lipinski definition) is 0. The fraction of sp³-hybridized carbons (Fsp3) is 0. The highest BCUT2D eigenvalue weighted by atomic mass is 32.1. The molecular weight excluding hydrogens is 617 g/mol. The molecule has 0 radical (unpaired) electrons. The molecule has 7 aromatic carbocycles. The number of benzene rings is 7. The Labute approximate surface area is 288 Å². The van der Waals surface area contributed by atoms with Gasteiger partial charge in [-0.1, -0.05) is 146 Å². The lowest BCUT2D eigenvalue weighted by atomic mass is 9.85. The zero-order chi connectivity index (χ0) is 31.9. The summed E-state index contributed by atoms with van der Waals surface area (Å²) in [5.41, 5.74) is 10.1. The summed E-state index contributed by atoms with van der Waals surface area (Å²) in [6.07, 6.45) is 0. The van der Waals surface area contributed by atoms with Crippen molar-refractivity contribution < 1.29 is 0 Å². The fourth-order valence-electron chi connectivity index (χ4n) is 6.91. The molecule has 0 N–H and O–H groups in total. The Morgan fingerprint density at radius 3 is 0.896 bits per heavy atom. The summed E-state index contributed by atoms with van der Waals surface area (Å²) in [6, 6.07) is 66.4. The monoisotopic (exact) mass is 646 g/mol. The molecule has 9 rings (SSSR count). The van der Waals surface area contributed by atoms with Crippen LogP contribution in [0.1, 0.15) is 0 Å². The molecule has 0 atom stereocenters. The molecule has 0 spiro atoms. The van der Waals surface area contributed by atoms with Crippen LogP contribution in [0.2, 0.25) is 0 Å². The van der Waals surface area contributed by atoms with E-state index in [0.717, 1.165) is 0 Å². The Kier molecular flexibility index (Phi) is 7.31. The second-order valence-electron chi connectivity index (χ2n) is 12.1. The van der Waals surface area contributed by atoms with Crippen LogP contribution in [0, 0.1) is 0 Å². The highest BCUT2D eigenvalue weighted by molar-refractivity contribution is 7.19. The molecule has 0 bridgehead atoms. The predicted molar refractivity (Wildman–Crippen MR) is 210 cm³/mol. The molecule has 0 saturated carbocycles. The van der Waals surface area contributed by atoms with Gasteiger partial charge < -0.3 is 0 Å². The van der Waals surface area contributed by atoms with E-state index in [4.69, 9.17) is 0 Å². The van der Waals surface area contributed by atoms with E-state index >= 15 is 0 Å². The lowest BCUT2D eigenvalue weighted by Crippen LogP contribution is -1.91. The lowest BCUT2D eigenvalue weighted by Gasteiger charge is -2.18. The van der Waals surface area contributed by atoms with E-state index < -0.39 is 0 Å². The molecular formula is C46H30S2. The molecule has 2 heterocycles. The molecule has 226 valence electrons. The van der Waals surface area contributed by atoms with Crippen LogP contribution in [-0.2, 0) is 0 Å². The smallest absolute Gasteiger partial charge is 0.0349 e. The van der Waals surface area contributed by atoms with Gasteiger partial charge in [0.2, 0.25) is 0 Å². The van der Waals surface area contributed by atoms with E-state index in [1.807, 2.05) is 22.7 Å². The quantitative estimate of drug-likeness (QED) is 0.158. The van der Waals surface area contributed by atoms with Gasteiger partial charge in [0.05, 0.1) is 0 Å². The average molecular weight is 647 g/mol. The van der Waals surface area contributed by atoms with E-state index in [0.29, 0.717) is 0 Å². The molecule has 2 heteroatoms. The van der Waals surface area contributed by atoms with Crippen LogP contribution in [-0.4, -0.2) is 0 Å². The van der Waals surface area contributed by atoms with Crippen molar-refractivity contribution in [1.82, 2.24) is 0 Å². The summed E-state index contributed by atoms with van der Waals surface area (Å²) in [6.45, 7) is 0. The summed E-state index contributed by atoms with van der Waals surface area (Å²) in [5.74, 6) is 0. The first-order chi connectivity index (χ1) is 23.8. The Hall–Kier alpha value is -5.54. The molecule has 2 aromatic heterocycles. The molecule has 9 aromatic rings. The molecule has 48 heavy (non-hydrogen) atoms. The van der Waals surface area contributed by atoms with Crippen LogP contribution in [0.15, 0.2) is 182 Å². The van der Waals surface area contributed by atoms with Crippen LogP contribution < -0.4 is 0 Å². The summed E-state index contributed by atoms with van der Waals surface area (Å²) >= 11 is 3.70. The first-order valence-electron chi connectivity index (χ1n) is 16.3. The van der Waals surface area contributed by atoms with Gasteiger partial charge in [-0.2, -0.15) is 0 Å². The van der Waals surface area contributed by atoms with E-state index in [9.17, 15) is 0 Å². The highest BCUT2D eigenvalue weighted by Gasteiger charge is 2.18. The maximum Gasteiger partial charge on any atom is 0.0349 e. The van der Waals surface area contributed by atoms with Crippen LogP contribution >= 0.6 is 22.7 Å². The van der Waals surface area contributed by atoms with Gasteiger partial charge in [-0.15, -0.1) is 22.7 Å². The minimum absolute atomic E-state index is 1.24. The molecule has 0 saturated heterocycles. The van der Waals surface area contributed by atoms with Gasteiger partial charge >= 0.3 is 0 Å². The summed E-state index contributed by atoms with van der Waals surface area (Å²) < 4.78 is 0. The molecule has 0 aliphatic carbocycles. The van der Waals surface area contributed by atoms with E-state index in [1.54, 1.807) is 0 Å². The number of rotatable bonds is 6. The Morgan fingerprint density at radius 1 is 0.229 bits per heavy atom. The van der Waals surface area contributed by atoms with Crippen LogP contribution in [0.25, 0.3) is 85.6 Å². The van der Waals surface area contributed by atoms with E-state index in [1.165, 1.54) is 85.6 Å². The Balaban J connectivity index is 1.18. The normalized spacial score (nSPS) is 11.3. The van der Waals surface area contributed by atoms with Crippen molar-refractivity contribution >= 4 is 44.2 Å². The van der Waals surface area contributed by atoms with Gasteiger partial charge in [-0.05, 0) is 102 Å². The maximum absolute atomic E-state index is 2.37. The lowest BCUT2D eigenvalue weighted by molar-refractivity contribution is 1.64. The second kappa shape index (κ2) is 12.2. The minimum Gasteiger partial charge on any atom is -0.135 e. The summed E-state index contributed by atoms with van der Waals surface area (Å²) in [5, 5.41) is 5.08. The third-order valence-corrected chi connectivity index (χ3v) is 11.5. The number of hydrogen-bond acceptors (Lipinski definition) is 2. The standard InChI is InChI=1S/C46H30S2/c1-3-13-31(14-4-1)41-25-27-43(47-41)33-17-11-19-35(29-33)45-37-21-7-9-23-39(37)46(40-24-10-8-22-38(40)45)36-20-12-18-34(30-36)44-28-26-42(48-44)32-15-5-2-6-16-32/h1-30H. The predicted octanol–water partition coefficient (Wildman–Crippen LogP) is 14.1. The first kappa shape index (κ1) is 28.7. The zero-order valence-corrected chi connectivity index (χ0v) is 27.8. The fourth-order valence-corrected chi connectivity index (χ4v) is 8.92. The average Bonchev–Trinajstić information content (AvgIpc) is 3.86. The topological polar surface area (TPSA) is 0 Å². The van der Waals surface area contributed by atoms with Crippen LogP contribution in [0.3, 0.4) is 0 Å². The van der Waals surface area contributed by atoms with Gasteiger partial charge in [0.15, 0.2) is 0 Å². The molecule has 0 unspecified atom stereocenters. The Morgan fingerprint density at radius 2 is 0.521 bits per heavy atom. The van der Waals surface area contributed by atoms with Crippen LogP contribution in [0.4, 0.5) is 0 Å². The van der Waals surface area contributed by atoms with Crippen molar-refractivity contribution in [2.24, 2.45) is 0 Å². The van der Waals surface area contributed by atoms with Gasteiger partial charge in [0.1, 0.15) is 0 Å². The zero-order valence-electron chi connectivity index (χ0n) is 26.1. The van der Waals surface area contributed by atoms with E-state index in [-0.39, 0.29) is 0 Å². The third-order valence-electron chi connectivity index (χ3n) is 9.13. The van der Waals surface area contributed by atoms with Crippen molar-refractivity contribution in [3.05, 3.63) is 182 Å². The SMILES string of the molecule is c1ccc(-c2ccc(-c3cccc(-c4c5ccccc5c(-c5cccc(-c6ccc(-c7ccccc7)s6)c5)c5ccccc45)c3)s2)cc1. The third kappa shape index (κ3) is 5.16. The summed E-state index contributed by atoms with van der Waals surface area (Å²) in [4.78, 5) is 5.14. The largest absolute Gasteiger partial charge is 0.135 e. The van der Waals surface area contributed by atoms with Gasteiger partial charge in [0, 0.05) is 19.5 Å². The van der Waals surface area contributed by atoms with Crippen molar-refractivity contribution in [3.63, 3.8) is 0 Å². The van der Waals surface area contributed by atoms with Crippen molar-refractivity contribution in [1.29, 1.82) is 0 Å². The molecule has 0 aliphatic rings. The highest BCUT2D eigenvalue weighted by Crippen LogP contribution is 2.46. The molecule has 0 aliphatic heterocycles. The van der Waals surface area contributed by atoms with Crippen molar-refractivity contribution in [2.45, 2.75) is 0 Å². The van der Waals surface area contributed by atoms with E-state index in [2.05, 4.69) is 182 Å². The summed E-state index contributed by atoms with van der Waals surface area (Å²) in [7, 11) is 0.